The molecule has 2 N–H and O–H groups in total. The molecule has 0 radical (unpaired) electrons. The van der Waals surface area contributed by atoms with Gasteiger partial charge in [0.25, 0.3) is 5.79 Å². The molecule has 9 rings (SSSR count). The molecule has 4 aromatic rings. The van der Waals surface area contributed by atoms with Crippen LogP contribution >= 0.6 is 23.2 Å². The number of aromatic carboxylic acids is 1. The predicted octanol–water partition coefficient (Wildman–Crippen LogP) is 15.8. The van der Waals surface area contributed by atoms with E-state index in [1.54, 1.807) is 48.5 Å². The molecule has 1 unspecified atom stereocenters. The van der Waals surface area contributed by atoms with E-state index in [0.29, 0.717) is 50.2 Å². The van der Waals surface area contributed by atoms with Gasteiger partial charge < -0.3 is 29.2 Å². The van der Waals surface area contributed by atoms with Crippen molar-refractivity contribution < 1.29 is 48.3 Å². The maximum Gasteiger partial charge on any atom is 0.345 e. The highest BCUT2D eigenvalue weighted by Crippen LogP contribution is 2.58. The molecule has 0 fully saturated rings. The molecule has 10 nitrogen and oxygen atoms in total. The Morgan fingerprint density at radius 2 is 1.20 bits per heavy atom. The van der Waals surface area contributed by atoms with E-state index >= 15 is 0 Å². The van der Waals surface area contributed by atoms with E-state index in [1.807, 2.05) is 12.1 Å². The average Bonchev–Trinajstić information content (AvgIpc) is 3.36. The van der Waals surface area contributed by atoms with Gasteiger partial charge in [0.2, 0.25) is 5.78 Å². The first kappa shape index (κ1) is 57.7. The van der Waals surface area contributed by atoms with Crippen LogP contribution < -0.4 is 14.2 Å². The van der Waals surface area contributed by atoms with Gasteiger partial charge >= 0.3 is 11.9 Å². The van der Waals surface area contributed by atoms with Crippen molar-refractivity contribution in [1.29, 1.82) is 0 Å². The molecule has 3 heterocycles. The topological polar surface area (TPSA) is 146 Å². The minimum absolute atomic E-state index is 0.00490. The molecule has 0 aromatic heterocycles. The summed E-state index contributed by atoms with van der Waals surface area (Å²) < 4.78 is 25.9. The van der Waals surface area contributed by atoms with Crippen LogP contribution in [-0.2, 0) is 33.0 Å². The smallest absolute Gasteiger partial charge is 0.345 e. The van der Waals surface area contributed by atoms with Crippen LogP contribution in [0.2, 0.25) is 10.0 Å². The monoisotopic (exact) mass is 1070 g/mol. The van der Waals surface area contributed by atoms with Gasteiger partial charge in [-0.25, -0.2) is 9.59 Å². The number of cyclic esters (lactones) is 1. The molecule has 0 spiro atoms. The van der Waals surface area contributed by atoms with Crippen LogP contribution in [0.3, 0.4) is 0 Å². The van der Waals surface area contributed by atoms with Gasteiger partial charge in [0, 0.05) is 62.9 Å². The number of hydrogen-bond donors (Lipinski definition) is 2. The van der Waals surface area contributed by atoms with Gasteiger partial charge in [0.1, 0.15) is 51.1 Å². The van der Waals surface area contributed by atoms with Crippen LogP contribution in [0.1, 0.15) is 206 Å². The summed E-state index contributed by atoms with van der Waals surface area (Å²) in [5, 5.41) is 21.9. The van der Waals surface area contributed by atoms with Gasteiger partial charge in [-0.15, -0.1) is 0 Å². The Kier molecular flexibility index (Phi) is 18.3. The highest BCUT2D eigenvalue weighted by atomic mass is 35.5. The molecule has 12 heteroatoms. The number of benzene rings is 4. The first-order valence-corrected chi connectivity index (χ1v) is 27.7. The quantitative estimate of drug-likeness (QED) is 0.0608. The Morgan fingerprint density at radius 1 is 0.697 bits per heavy atom. The van der Waals surface area contributed by atoms with E-state index in [0.717, 1.165) is 93.1 Å². The first-order valence-electron chi connectivity index (χ1n) is 27.0. The molecule has 0 amide bonds. The number of ketones is 2. The number of aromatic hydroxyl groups is 1. The molecule has 2 aliphatic carbocycles. The highest BCUT2D eigenvalue weighted by molar-refractivity contribution is 6.30. The number of ether oxygens (including phenoxy) is 4. The van der Waals surface area contributed by atoms with Crippen molar-refractivity contribution in [2.45, 2.75) is 182 Å². The third-order valence-electron chi connectivity index (χ3n) is 15.5. The molecule has 3 aliphatic heterocycles. The summed E-state index contributed by atoms with van der Waals surface area (Å²) in [5.74, 6) is 4.09. The number of fused-ring (bicyclic) bond motifs is 8. The van der Waals surface area contributed by atoms with E-state index in [9.17, 15) is 29.4 Å². The van der Waals surface area contributed by atoms with Crippen molar-refractivity contribution in [1.82, 2.24) is 0 Å². The number of carboxylic acid groups (broad SMARTS) is 1. The molecular weight excluding hydrogens is 1000 g/mol. The van der Waals surface area contributed by atoms with E-state index in [1.165, 1.54) is 25.0 Å². The normalized spacial score (nSPS) is 21.9. The van der Waals surface area contributed by atoms with Crippen LogP contribution in [0.4, 0.5) is 0 Å². The van der Waals surface area contributed by atoms with E-state index in [2.05, 4.69) is 79.4 Å². The Bertz CT molecular complexity index is 2970. The number of hydrogen-bond acceptors (Lipinski definition) is 9. The third kappa shape index (κ3) is 12.9. The van der Waals surface area contributed by atoms with Crippen LogP contribution in [0, 0.1) is 23.7 Å². The summed E-state index contributed by atoms with van der Waals surface area (Å²) in [4.78, 5) is 48.8. The predicted molar refractivity (Wildman–Crippen MR) is 299 cm³/mol. The molecule has 5 atom stereocenters. The molecule has 76 heavy (non-hydrogen) atoms. The SMILES string of the molecule is CC(=O)C#Cc1ccc(Cl)cc1.CCCCCc1cc2c(c(O)c1C(=O)O)[C@@H]1C=C(C)CC[C@H]1C(C)(C)O2.CCCCCc1cc2c(c3c1C(=O)OC(CC(C)=O)(c1ccc(Cl)cc1)O3)[C@@H]1C=C(C)CC[C@H]1C(C)(C)O2. The number of unbranched alkanes of at least 4 members (excludes halogenated alkanes) is 4. The Hall–Kier alpha value is -6.02. The van der Waals surface area contributed by atoms with E-state index in [-0.39, 0.29) is 64.2 Å². The lowest BCUT2D eigenvalue weighted by Crippen LogP contribution is -2.47. The van der Waals surface area contributed by atoms with Crippen molar-refractivity contribution in [3.63, 3.8) is 0 Å². The number of aryl methyl sites for hydroxylation is 2. The highest BCUT2D eigenvalue weighted by Gasteiger charge is 2.52. The number of halogens is 2. The Balaban J connectivity index is 0.000000190. The third-order valence-corrected chi connectivity index (χ3v) is 16.0. The summed E-state index contributed by atoms with van der Waals surface area (Å²) in [6.45, 7) is 20.0. The Morgan fingerprint density at radius 3 is 1.71 bits per heavy atom. The summed E-state index contributed by atoms with van der Waals surface area (Å²) in [5.41, 5.74) is 6.89. The summed E-state index contributed by atoms with van der Waals surface area (Å²) in [7, 11) is 0. The van der Waals surface area contributed by atoms with Crippen LogP contribution in [0.5, 0.6) is 23.0 Å². The maximum atomic E-state index is 13.9. The molecule has 404 valence electrons. The Labute approximate surface area is 459 Å². The van der Waals surface area contributed by atoms with Gasteiger partial charge in [-0.2, -0.15) is 0 Å². The van der Waals surface area contributed by atoms with Crippen LogP contribution in [-0.4, -0.2) is 44.9 Å². The van der Waals surface area contributed by atoms with Crippen molar-refractivity contribution >= 4 is 46.7 Å². The zero-order chi connectivity index (χ0) is 55.3. The second kappa shape index (κ2) is 24.1. The van der Waals surface area contributed by atoms with E-state index in [4.69, 9.17) is 42.1 Å². The summed E-state index contributed by atoms with van der Waals surface area (Å²) >= 11 is 11.8. The fourth-order valence-corrected chi connectivity index (χ4v) is 12.0. The maximum absolute atomic E-state index is 13.9. The van der Waals surface area contributed by atoms with Gasteiger partial charge in [-0.1, -0.05) is 92.0 Å². The van der Waals surface area contributed by atoms with Gasteiger partial charge in [-0.05, 0) is 178 Å². The molecule has 0 saturated heterocycles. The average molecular weight is 1070 g/mol. The summed E-state index contributed by atoms with van der Waals surface area (Å²) in [6, 6.07) is 17.9. The second-order valence-electron chi connectivity index (χ2n) is 22.3. The van der Waals surface area contributed by atoms with Crippen LogP contribution in [0.25, 0.3) is 0 Å². The molecular formula is C64H74Cl2O10. The lowest BCUT2D eigenvalue weighted by Gasteiger charge is -2.48. The fourth-order valence-electron chi connectivity index (χ4n) is 11.7. The number of carboxylic acids is 1. The van der Waals surface area contributed by atoms with E-state index < -0.39 is 17.7 Å². The number of phenols is 1. The van der Waals surface area contributed by atoms with Gasteiger partial charge in [0.05, 0.1) is 6.42 Å². The minimum Gasteiger partial charge on any atom is -0.507 e. The van der Waals surface area contributed by atoms with Crippen LogP contribution in [0.15, 0.2) is 84.0 Å². The first-order chi connectivity index (χ1) is 36.0. The largest absolute Gasteiger partial charge is 0.507 e. The molecule has 4 aromatic carbocycles. The number of rotatable bonds is 12. The molecule has 5 aliphatic rings. The van der Waals surface area contributed by atoms with Crippen molar-refractivity contribution in [2.24, 2.45) is 11.8 Å². The number of carbonyl (C=O) groups is 4. The lowest BCUT2D eigenvalue weighted by atomic mass is 9.67. The van der Waals surface area contributed by atoms with Crippen molar-refractivity contribution in [2.75, 3.05) is 0 Å². The summed E-state index contributed by atoms with van der Waals surface area (Å²) in [6.07, 6.45) is 15.9. The van der Waals surface area contributed by atoms with Crippen molar-refractivity contribution in [3.05, 3.63) is 139 Å². The minimum atomic E-state index is -1.58. The zero-order valence-electron chi connectivity index (χ0n) is 45.8. The molecule has 0 saturated carbocycles. The van der Waals surface area contributed by atoms with Gasteiger partial charge in [0.15, 0.2) is 0 Å². The fraction of sp³-hybridized carbons (Fsp3) is 0.469. The lowest BCUT2D eigenvalue weighted by molar-refractivity contribution is -0.172. The molecule has 0 bridgehead atoms. The number of Topliss-reactive ketones (excluding diaryl/α,β-unsaturated/α-hetero) is 2. The number of carbonyl (C=O) groups excluding carboxylic acids is 3. The number of allylic oxidation sites excluding steroid dienone is 4. The van der Waals surface area contributed by atoms with Crippen molar-refractivity contribution in [3.8, 4) is 34.8 Å². The zero-order valence-corrected chi connectivity index (χ0v) is 47.4. The standard InChI is InChI=1S/C32H37ClO5.C22H30O4.C10H7ClO/c1-6-7-8-9-21-17-26-28(24-16-19(2)10-15-25(24)31(4,5)36-26)29-27(21)30(35)38-32(37-29,18-20(3)34)22-11-13-23(33)14-12-22;1-5-6-7-8-14-12-17-19(20(23)18(14)21(24)25)15-11-13(2)9-10-16(15)22(3,4)26-17;1-8(12)2-3-9-4-6-10(11)7-5-9/h11-14,16-17,24-25H,6-10,15,18H2,1-5H3;11-12,15-16,23H,5-10H2,1-4H3,(H,24,25);4-7H,1H3/t24-,25-,32?;15-,16-;/m11./s1. The number of esters is 1. The second-order valence-corrected chi connectivity index (χ2v) is 23.1. The van der Waals surface area contributed by atoms with Gasteiger partial charge in [-0.3, -0.25) is 9.59 Å².